The monoisotopic (exact) mass is 265 g/mol. The van der Waals surface area contributed by atoms with Crippen LogP contribution in [0, 0.1) is 0 Å². The third kappa shape index (κ3) is 2.80. The molecule has 0 aliphatic rings. The van der Waals surface area contributed by atoms with E-state index in [1.807, 2.05) is 18.4 Å². The van der Waals surface area contributed by atoms with Crippen LogP contribution in [0.25, 0.3) is 0 Å². The van der Waals surface area contributed by atoms with Gasteiger partial charge in [-0.05, 0) is 19.1 Å². The van der Waals surface area contributed by atoms with Gasteiger partial charge >= 0.3 is 0 Å². The van der Waals surface area contributed by atoms with Gasteiger partial charge < -0.3 is 14.6 Å². The summed E-state index contributed by atoms with van der Waals surface area (Å²) in [7, 11) is 1.61. The Hall–Kier alpha value is -1.59. The third-order valence-corrected chi connectivity index (χ3v) is 3.43. The summed E-state index contributed by atoms with van der Waals surface area (Å²) in [6.45, 7) is 2.49. The number of hydrogen-bond acceptors (Lipinski definition) is 5. The predicted octanol–water partition coefficient (Wildman–Crippen LogP) is 2.63. The van der Waals surface area contributed by atoms with E-state index < -0.39 is 6.10 Å². The Morgan fingerprint density at radius 1 is 1.33 bits per heavy atom. The molecule has 0 saturated carbocycles. The molecule has 0 aliphatic heterocycles. The molecule has 5 heteroatoms. The minimum atomic E-state index is -0.702. The maximum absolute atomic E-state index is 10.3. The Morgan fingerprint density at radius 2 is 2.17 bits per heavy atom. The number of aliphatic hydroxyl groups excluding tert-OH is 1. The molecule has 0 bridgehead atoms. The average Bonchev–Trinajstić information content (AvgIpc) is 2.87. The van der Waals surface area contributed by atoms with Crippen LogP contribution < -0.4 is 9.47 Å². The first kappa shape index (κ1) is 12.9. The molecule has 2 heterocycles. The molecule has 0 aliphatic carbocycles. The topological polar surface area (TPSA) is 51.6 Å². The summed E-state index contributed by atoms with van der Waals surface area (Å²) in [5, 5.41) is 12.1. The van der Waals surface area contributed by atoms with Gasteiger partial charge in [0.15, 0.2) is 0 Å². The molecule has 1 unspecified atom stereocenters. The first-order valence-electron chi connectivity index (χ1n) is 5.62. The van der Waals surface area contributed by atoms with Crippen LogP contribution >= 0.6 is 11.3 Å². The first-order valence-corrected chi connectivity index (χ1v) is 6.50. The fourth-order valence-corrected chi connectivity index (χ4v) is 2.45. The van der Waals surface area contributed by atoms with Crippen LogP contribution in [-0.2, 0) is 0 Å². The fourth-order valence-electron chi connectivity index (χ4n) is 1.58. The quantitative estimate of drug-likeness (QED) is 0.903. The van der Waals surface area contributed by atoms with Crippen molar-refractivity contribution in [2.45, 2.75) is 13.0 Å². The second kappa shape index (κ2) is 5.84. The number of methoxy groups -OCH3 is 1. The van der Waals surface area contributed by atoms with Crippen molar-refractivity contribution in [2.24, 2.45) is 0 Å². The molecule has 0 aromatic carbocycles. The number of pyridine rings is 1. The zero-order valence-corrected chi connectivity index (χ0v) is 11.1. The van der Waals surface area contributed by atoms with Crippen molar-refractivity contribution in [1.29, 1.82) is 0 Å². The zero-order chi connectivity index (χ0) is 13.0. The lowest BCUT2D eigenvalue weighted by molar-refractivity contribution is 0.222. The number of hydrogen-bond donors (Lipinski definition) is 1. The number of aromatic nitrogens is 1. The van der Waals surface area contributed by atoms with E-state index in [-0.39, 0.29) is 0 Å². The van der Waals surface area contributed by atoms with Gasteiger partial charge in [-0.2, -0.15) is 0 Å². The van der Waals surface area contributed by atoms with E-state index in [1.54, 1.807) is 25.6 Å². The lowest BCUT2D eigenvalue weighted by atomic mass is 10.1. The van der Waals surface area contributed by atoms with Gasteiger partial charge in [-0.1, -0.05) is 0 Å². The van der Waals surface area contributed by atoms with E-state index >= 15 is 0 Å². The minimum Gasteiger partial charge on any atom is -0.496 e. The Bertz CT molecular complexity index is 512. The summed E-state index contributed by atoms with van der Waals surface area (Å²) in [5.41, 5.74) is 0.713. The molecule has 0 spiro atoms. The van der Waals surface area contributed by atoms with E-state index in [9.17, 15) is 5.11 Å². The maximum atomic E-state index is 10.3. The largest absolute Gasteiger partial charge is 0.496 e. The van der Waals surface area contributed by atoms with Crippen molar-refractivity contribution in [1.82, 2.24) is 4.98 Å². The Balaban J connectivity index is 2.21. The van der Waals surface area contributed by atoms with Crippen molar-refractivity contribution in [2.75, 3.05) is 13.7 Å². The highest BCUT2D eigenvalue weighted by molar-refractivity contribution is 7.10. The fraction of sp³-hybridized carbons (Fsp3) is 0.308. The molecule has 4 nitrogen and oxygen atoms in total. The number of ether oxygens (including phenoxy) is 2. The van der Waals surface area contributed by atoms with Gasteiger partial charge in [0.2, 0.25) is 0 Å². The lowest BCUT2D eigenvalue weighted by Gasteiger charge is -2.10. The van der Waals surface area contributed by atoms with Gasteiger partial charge in [-0.15, -0.1) is 11.3 Å². The van der Waals surface area contributed by atoms with Crippen molar-refractivity contribution in [3.05, 3.63) is 40.3 Å². The summed E-state index contributed by atoms with van der Waals surface area (Å²) in [6, 6.07) is 3.62. The molecular weight excluding hydrogens is 250 g/mol. The molecule has 0 radical (unpaired) electrons. The molecule has 0 saturated heterocycles. The summed E-state index contributed by atoms with van der Waals surface area (Å²) in [5.74, 6) is 1.42. The van der Waals surface area contributed by atoms with E-state index in [4.69, 9.17) is 9.47 Å². The zero-order valence-electron chi connectivity index (χ0n) is 10.3. The molecule has 1 N–H and O–H groups in total. The molecule has 0 fully saturated rings. The van der Waals surface area contributed by atoms with Gasteiger partial charge in [-0.25, -0.2) is 0 Å². The van der Waals surface area contributed by atoms with Gasteiger partial charge in [0, 0.05) is 22.0 Å². The van der Waals surface area contributed by atoms with Crippen LogP contribution in [0.2, 0.25) is 0 Å². The molecule has 2 aromatic heterocycles. The van der Waals surface area contributed by atoms with E-state index in [2.05, 4.69) is 4.98 Å². The van der Waals surface area contributed by atoms with Crippen LogP contribution in [0.5, 0.6) is 11.5 Å². The summed E-state index contributed by atoms with van der Waals surface area (Å²) in [4.78, 5) is 4.89. The molecule has 0 amide bonds. The third-order valence-electron chi connectivity index (χ3n) is 2.46. The smallest absolute Gasteiger partial charge is 0.137 e. The molecule has 18 heavy (non-hydrogen) atoms. The SMILES string of the molecule is CCOc1cncc(C(O)c2cc(OC)cs2)c1. The Kier molecular flexibility index (Phi) is 4.17. The van der Waals surface area contributed by atoms with E-state index in [0.29, 0.717) is 17.9 Å². The number of aliphatic hydroxyl groups is 1. The molecule has 2 aromatic rings. The molecular formula is C13H15NO3S. The highest BCUT2D eigenvalue weighted by atomic mass is 32.1. The van der Waals surface area contributed by atoms with Gasteiger partial charge in [0.25, 0.3) is 0 Å². The van der Waals surface area contributed by atoms with E-state index in [0.717, 1.165) is 10.6 Å². The summed E-state index contributed by atoms with van der Waals surface area (Å²) >= 11 is 1.45. The standard InChI is InChI=1S/C13H15NO3S/c1-3-17-10-4-9(6-14-7-10)13(15)12-5-11(16-2)8-18-12/h4-8,13,15H,3H2,1-2H3. The number of thiophene rings is 1. The highest BCUT2D eigenvalue weighted by Gasteiger charge is 2.14. The van der Waals surface area contributed by atoms with Crippen LogP contribution in [-0.4, -0.2) is 23.8 Å². The van der Waals surface area contributed by atoms with Crippen LogP contribution in [0.15, 0.2) is 29.9 Å². The van der Waals surface area contributed by atoms with Gasteiger partial charge in [0.1, 0.15) is 17.6 Å². The van der Waals surface area contributed by atoms with E-state index in [1.165, 1.54) is 11.3 Å². The van der Waals surface area contributed by atoms with Crippen molar-refractivity contribution in [3.8, 4) is 11.5 Å². The predicted molar refractivity (Wildman–Crippen MR) is 70.3 cm³/mol. The second-order valence-corrected chi connectivity index (χ2v) is 4.62. The van der Waals surface area contributed by atoms with Crippen LogP contribution in [0.1, 0.15) is 23.5 Å². The highest BCUT2D eigenvalue weighted by Crippen LogP contribution is 2.31. The van der Waals surface area contributed by atoms with Crippen molar-refractivity contribution < 1.29 is 14.6 Å². The number of nitrogens with zero attached hydrogens (tertiary/aromatic N) is 1. The van der Waals surface area contributed by atoms with Crippen LogP contribution in [0.4, 0.5) is 0 Å². The first-order chi connectivity index (χ1) is 8.74. The minimum absolute atomic E-state index is 0.577. The van der Waals surface area contributed by atoms with Gasteiger partial charge in [-0.3, -0.25) is 4.98 Å². The maximum Gasteiger partial charge on any atom is 0.137 e. The van der Waals surface area contributed by atoms with Crippen LogP contribution in [0.3, 0.4) is 0 Å². The molecule has 96 valence electrons. The summed E-state index contributed by atoms with van der Waals surface area (Å²) in [6.07, 6.45) is 2.57. The average molecular weight is 265 g/mol. The van der Waals surface area contributed by atoms with Gasteiger partial charge in [0.05, 0.1) is 19.9 Å². The van der Waals surface area contributed by atoms with Crippen molar-refractivity contribution in [3.63, 3.8) is 0 Å². The lowest BCUT2D eigenvalue weighted by Crippen LogP contribution is -2.00. The van der Waals surface area contributed by atoms with Crippen molar-refractivity contribution >= 4 is 11.3 Å². The Labute approximate surface area is 110 Å². The molecule has 1 atom stereocenters. The Morgan fingerprint density at radius 3 is 2.83 bits per heavy atom. The molecule has 2 rings (SSSR count). The second-order valence-electron chi connectivity index (χ2n) is 3.68. The summed E-state index contributed by atoms with van der Waals surface area (Å²) < 4.78 is 10.5. The number of rotatable bonds is 5. The normalized spacial score (nSPS) is 12.2.